The number of amides is 1. The van der Waals surface area contributed by atoms with Crippen molar-refractivity contribution in [1.29, 1.82) is 0 Å². The summed E-state index contributed by atoms with van der Waals surface area (Å²) in [6.07, 6.45) is 3.37. The molecule has 1 aromatic rings. The van der Waals surface area contributed by atoms with E-state index in [-0.39, 0.29) is 12.1 Å². The highest BCUT2D eigenvalue weighted by molar-refractivity contribution is 5.89. The summed E-state index contributed by atoms with van der Waals surface area (Å²) in [5, 5.41) is 0. The predicted octanol–water partition coefficient (Wildman–Crippen LogP) is 3.35. The lowest BCUT2D eigenvalue weighted by molar-refractivity contribution is 0.0317. The molecule has 0 unspecified atom stereocenters. The van der Waals surface area contributed by atoms with Crippen LogP contribution >= 0.6 is 0 Å². The average molecular weight is 305 g/mol. The van der Waals surface area contributed by atoms with Crippen LogP contribution in [0.25, 0.3) is 6.08 Å². The highest BCUT2D eigenvalue weighted by atomic mass is 16.6. The van der Waals surface area contributed by atoms with Crippen LogP contribution in [0.4, 0.5) is 4.79 Å². The minimum absolute atomic E-state index is 0.361. The Hall–Kier alpha value is -2.30. The van der Waals surface area contributed by atoms with Crippen molar-refractivity contribution >= 4 is 18.1 Å². The molecule has 120 valence electrons. The van der Waals surface area contributed by atoms with Gasteiger partial charge in [-0.2, -0.15) is 0 Å². The second-order valence-electron chi connectivity index (χ2n) is 5.88. The lowest BCUT2D eigenvalue weighted by Crippen LogP contribution is -2.34. The molecule has 0 aliphatic heterocycles. The number of ether oxygens (including phenoxy) is 2. The van der Waals surface area contributed by atoms with E-state index in [1.54, 1.807) is 19.2 Å². The summed E-state index contributed by atoms with van der Waals surface area (Å²) in [5.41, 5.74) is 0.939. The third-order valence-corrected chi connectivity index (χ3v) is 2.73. The molecule has 1 rings (SSSR count). The van der Waals surface area contributed by atoms with Gasteiger partial charge in [0.25, 0.3) is 0 Å². The van der Waals surface area contributed by atoms with E-state index < -0.39 is 5.60 Å². The fraction of sp³-hybridized carbons (Fsp3) is 0.412. The van der Waals surface area contributed by atoms with Gasteiger partial charge in [-0.25, -0.2) is 9.59 Å². The third-order valence-electron chi connectivity index (χ3n) is 2.73. The molecule has 0 N–H and O–H groups in total. The summed E-state index contributed by atoms with van der Waals surface area (Å²) in [4.78, 5) is 24.6. The molecule has 0 spiro atoms. The second-order valence-corrected chi connectivity index (χ2v) is 5.88. The molecule has 1 amide bonds. The van der Waals surface area contributed by atoms with E-state index in [9.17, 15) is 9.59 Å². The first-order valence-electron chi connectivity index (χ1n) is 7.02. The quantitative estimate of drug-likeness (QED) is 0.800. The van der Waals surface area contributed by atoms with Crippen LogP contribution in [0.15, 0.2) is 30.3 Å². The molecule has 0 radical (unpaired) electrons. The van der Waals surface area contributed by atoms with Gasteiger partial charge in [-0.05, 0) is 38.5 Å². The number of methoxy groups -OCH3 is 1. The molecule has 0 bridgehead atoms. The maximum atomic E-state index is 11.8. The van der Waals surface area contributed by atoms with Gasteiger partial charge in [-0.3, -0.25) is 0 Å². The Morgan fingerprint density at radius 2 is 1.77 bits per heavy atom. The van der Waals surface area contributed by atoms with E-state index >= 15 is 0 Å². The number of benzene rings is 1. The monoisotopic (exact) mass is 305 g/mol. The number of esters is 1. The van der Waals surface area contributed by atoms with Crippen molar-refractivity contribution in [3.05, 3.63) is 41.5 Å². The molecule has 5 nitrogen and oxygen atoms in total. The summed E-state index contributed by atoms with van der Waals surface area (Å²) in [5.74, 6) is -0.361. The fourth-order valence-electron chi connectivity index (χ4n) is 1.61. The lowest BCUT2D eigenvalue weighted by atomic mass is 10.1. The Morgan fingerprint density at radius 1 is 1.18 bits per heavy atom. The Kier molecular flexibility index (Phi) is 6.16. The Labute approximate surface area is 131 Å². The van der Waals surface area contributed by atoms with Crippen molar-refractivity contribution in [2.24, 2.45) is 0 Å². The largest absolute Gasteiger partial charge is 0.465 e. The van der Waals surface area contributed by atoms with Crippen molar-refractivity contribution < 1.29 is 19.1 Å². The number of carbonyl (C=O) groups is 2. The molecule has 0 atom stereocenters. The molecule has 0 aromatic heterocycles. The van der Waals surface area contributed by atoms with E-state index in [4.69, 9.17) is 4.74 Å². The fourth-order valence-corrected chi connectivity index (χ4v) is 1.61. The van der Waals surface area contributed by atoms with E-state index in [0.29, 0.717) is 12.1 Å². The van der Waals surface area contributed by atoms with Crippen LogP contribution in [-0.2, 0) is 9.47 Å². The Morgan fingerprint density at radius 3 is 2.27 bits per heavy atom. The summed E-state index contributed by atoms with van der Waals surface area (Å²) < 4.78 is 9.90. The lowest BCUT2D eigenvalue weighted by Gasteiger charge is -2.23. The number of carbonyl (C=O) groups excluding carboxylic acids is 2. The first kappa shape index (κ1) is 17.8. The van der Waals surface area contributed by atoms with Crippen LogP contribution in [0, 0.1) is 0 Å². The SMILES string of the molecule is COC(=O)c1ccc(C=CCN(C)C(=O)OC(C)(C)C)cc1. The van der Waals surface area contributed by atoms with Gasteiger partial charge < -0.3 is 14.4 Å². The van der Waals surface area contributed by atoms with Gasteiger partial charge in [0.1, 0.15) is 5.60 Å². The highest BCUT2D eigenvalue weighted by Gasteiger charge is 2.18. The van der Waals surface area contributed by atoms with Crippen molar-refractivity contribution in [2.45, 2.75) is 26.4 Å². The van der Waals surface area contributed by atoms with Crippen LogP contribution in [-0.4, -0.2) is 43.3 Å². The normalized spacial score (nSPS) is 11.3. The van der Waals surface area contributed by atoms with Crippen molar-refractivity contribution in [1.82, 2.24) is 4.90 Å². The summed E-state index contributed by atoms with van der Waals surface area (Å²) in [6.45, 7) is 5.93. The van der Waals surface area contributed by atoms with Crippen molar-refractivity contribution in [3.63, 3.8) is 0 Å². The molecular formula is C17H23NO4. The molecule has 0 heterocycles. The van der Waals surface area contributed by atoms with Gasteiger partial charge in [0.15, 0.2) is 0 Å². The van der Waals surface area contributed by atoms with Crippen LogP contribution < -0.4 is 0 Å². The zero-order valence-corrected chi connectivity index (χ0v) is 13.8. The van der Waals surface area contributed by atoms with E-state index in [1.807, 2.05) is 45.1 Å². The predicted molar refractivity (Wildman–Crippen MR) is 85.7 cm³/mol. The van der Waals surface area contributed by atoms with Crippen molar-refractivity contribution in [2.75, 3.05) is 20.7 Å². The third kappa shape index (κ3) is 5.99. The average Bonchev–Trinajstić information content (AvgIpc) is 2.45. The van der Waals surface area contributed by atoms with E-state index in [1.165, 1.54) is 12.0 Å². The molecule has 0 saturated heterocycles. The topological polar surface area (TPSA) is 55.8 Å². The molecule has 22 heavy (non-hydrogen) atoms. The van der Waals surface area contributed by atoms with Gasteiger partial charge in [-0.1, -0.05) is 24.3 Å². The second kappa shape index (κ2) is 7.64. The minimum Gasteiger partial charge on any atom is -0.465 e. The maximum absolute atomic E-state index is 11.8. The molecule has 0 fully saturated rings. The van der Waals surface area contributed by atoms with Crippen molar-refractivity contribution in [3.8, 4) is 0 Å². The van der Waals surface area contributed by atoms with E-state index in [0.717, 1.165) is 5.56 Å². The van der Waals surface area contributed by atoms with Crippen LogP contribution in [0.2, 0.25) is 0 Å². The molecule has 5 heteroatoms. The van der Waals surface area contributed by atoms with Gasteiger partial charge in [0.05, 0.1) is 12.7 Å². The Bertz CT molecular complexity index is 541. The van der Waals surface area contributed by atoms with Gasteiger partial charge in [0, 0.05) is 13.6 Å². The number of nitrogens with zero attached hydrogens (tertiary/aromatic N) is 1. The first-order chi connectivity index (χ1) is 10.2. The zero-order chi connectivity index (χ0) is 16.8. The standard InChI is InChI=1S/C17H23NO4/c1-17(2,3)22-16(20)18(4)12-6-7-13-8-10-14(11-9-13)15(19)21-5/h6-11H,12H2,1-5H3. The highest BCUT2D eigenvalue weighted by Crippen LogP contribution is 2.10. The maximum Gasteiger partial charge on any atom is 0.410 e. The molecular weight excluding hydrogens is 282 g/mol. The molecule has 0 aliphatic carbocycles. The summed E-state index contributed by atoms with van der Waals surface area (Å²) in [7, 11) is 3.03. The summed E-state index contributed by atoms with van der Waals surface area (Å²) in [6, 6.07) is 7.03. The van der Waals surface area contributed by atoms with Gasteiger partial charge in [0.2, 0.25) is 0 Å². The molecule has 0 saturated carbocycles. The number of hydrogen-bond acceptors (Lipinski definition) is 4. The first-order valence-corrected chi connectivity index (χ1v) is 7.02. The van der Waals surface area contributed by atoms with E-state index in [2.05, 4.69) is 4.74 Å². The molecule has 0 aliphatic rings. The minimum atomic E-state index is -0.501. The molecule has 1 aromatic carbocycles. The van der Waals surface area contributed by atoms with Gasteiger partial charge in [-0.15, -0.1) is 0 Å². The summed E-state index contributed by atoms with van der Waals surface area (Å²) >= 11 is 0. The van der Waals surface area contributed by atoms with Gasteiger partial charge >= 0.3 is 12.1 Å². The number of rotatable bonds is 4. The number of likely N-dealkylation sites (N-methyl/N-ethyl adjacent to an activating group) is 1. The smallest absolute Gasteiger partial charge is 0.410 e. The van der Waals surface area contributed by atoms with Crippen LogP contribution in [0.3, 0.4) is 0 Å². The zero-order valence-electron chi connectivity index (χ0n) is 13.8. The number of hydrogen-bond donors (Lipinski definition) is 0. The van der Waals surface area contributed by atoms with Crippen LogP contribution in [0.5, 0.6) is 0 Å². The van der Waals surface area contributed by atoms with Crippen LogP contribution in [0.1, 0.15) is 36.7 Å². The Balaban J connectivity index is 2.55.